The highest BCUT2D eigenvalue weighted by molar-refractivity contribution is 5.67. The SMILES string of the molecule is O=C(O)CC(O)C(O)c1cc(F)ccc1CO. The van der Waals surface area contributed by atoms with E-state index in [1.807, 2.05) is 0 Å². The van der Waals surface area contributed by atoms with Gasteiger partial charge in [0.1, 0.15) is 11.9 Å². The van der Waals surface area contributed by atoms with Crippen LogP contribution in [-0.4, -0.2) is 32.5 Å². The number of halogens is 1. The monoisotopic (exact) mass is 244 g/mol. The Labute approximate surface area is 96.8 Å². The molecule has 94 valence electrons. The van der Waals surface area contributed by atoms with Gasteiger partial charge in [-0.3, -0.25) is 4.79 Å². The Morgan fingerprint density at radius 2 is 2.00 bits per heavy atom. The topological polar surface area (TPSA) is 98.0 Å². The lowest BCUT2D eigenvalue weighted by Gasteiger charge is -2.19. The van der Waals surface area contributed by atoms with Gasteiger partial charge in [0.25, 0.3) is 0 Å². The molecular formula is C11H13FO5. The van der Waals surface area contributed by atoms with Crippen LogP contribution in [0.3, 0.4) is 0 Å². The standard InChI is InChI=1S/C11H13FO5/c12-7-2-1-6(5-13)8(3-7)11(17)9(14)4-10(15)16/h1-3,9,11,13-14,17H,4-5H2,(H,15,16). The van der Waals surface area contributed by atoms with Gasteiger partial charge in [-0.05, 0) is 23.3 Å². The molecule has 5 nitrogen and oxygen atoms in total. The Morgan fingerprint density at radius 1 is 1.35 bits per heavy atom. The van der Waals surface area contributed by atoms with Crippen LogP contribution in [0.2, 0.25) is 0 Å². The van der Waals surface area contributed by atoms with Crippen molar-refractivity contribution in [1.29, 1.82) is 0 Å². The molecule has 2 unspecified atom stereocenters. The number of benzene rings is 1. The van der Waals surface area contributed by atoms with Crippen molar-refractivity contribution in [3.63, 3.8) is 0 Å². The number of rotatable bonds is 5. The first-order valence-corrected chi connectivity index (χ1v) is 4.92. The van der Waals surface area contributed by atoms with E-state index in [0.29, 0.717) is 0 Å². The Morgan fingerprint density at radius 3 is 2.53 bits per heavy atom. The molecule has 0 spiro atoms. The van der Waals surface area contributed by atoms with Crippen molar-refractivity contribution in [2.24, 2.45) is 0 Å². The molecule has 0 radical (unpaired) electrons. The molecule has 1 aromatic carbocycles. The van der Waals surface area contributed by atoms with Gasteiger partial charge in [-0.2, -0.15) is 0 Å². The Balaban J connectivity index is 2.97. The van der Waals surface area contributed by atoms with E-state index in [2.05, 4.69) is 0 Å². The van der Waals surface area contributed by atoms with Gasteiger partial charge in [0.2, 0.25) is 0 Å². The zero-order valence-electron chi connectivity index (χ0n) is 8.88. The van der Waals surface area contributed by atoms with Crippen molar-refractivity contribution in [2.75, 3.05) is 0 Å². The van der Waals surface area contributed by atoms with Crippen LogP contribution in [0.15, 0.2) is 18.2 Å². The third kappa shape index (κ3) is 3.48. The highest BCUT2D eigenvalue weighted by Gasteiger charge is 2.23. The number of carbonyl (C=O) groups is 1. The molecule has 1 aromatic rings. The van der Waals surface area contributed by atoms with E-state index >= 15 is 0 Å². The number of aliphatic hydroxyl groups is 3. The second-order valence-corrected chi connectivity index (χ2v) is 3.61. The summed E-state index contributed by atoms with van der Waals surface area (Å²) in [7, 11) is 0. The summed E-state index contributed by atoms with van der Waals surface area (Å²) in [5, 5.41) is 36.6. The predicted molar refractivity (Wildman–Crippen MR) is 55.5 cm³/mol. The second-order valence-electron chi connectivity index (χ2n) is 3.61. The van der Waals surface area contributed by atoms with Gasteiger partial charge < -0.3 is 20.4 Å². The third-order valence-electron chi connectivity index (χ3n) is 2.35. The molecule has 0 aliphatic carbocycles. The van der Waals surface area contributed by atoms with Crippen molar-refractivity contribution >= 4 is 5.97 Å². The molecule has 0 aliphatic heterocycles. The number of hydrogen-bond acceptors (Lipinski definition) is 4. The molecule has 0 saturated carbocycles. The van der Waals surface area contributed by atoms with Gasteiger partial charge in [0.15, 0.2) is 0 Å². The Kier molecular flexibility index (Phi) is 4.56. The van der Waals surface area contributed by atoms with Crippen LogP contribution in [0.5, 0.6) is 0 Å². The maximum Gasteiger partial charge on any atom is 0.306 e. The van der Waals surface area contributed by atoms with Gasteiger partial charge in [-0.25, -0.2) is 4.39 Å². The predicted octanol–water partition coefficient (Wildman–Crippen LogP) is 0.187. The van der Waals surface area contributed by atoms with Gasteiger partial charge in [0, 0.05) is 0 Å². The van der Waals surface area contributed by atoms with Gasteiger partial charge in [-0.15, -0.1) is 0 Å². The van der Waals surface area contributed by atoms with Crippen LogP contribution < -0.4 is 0 Å². The summed E-state index contributed by atoms with van der Waals surface area (Å²) in [4.78, 5) is 10.4. The van der Waals surface area contributed by atoms with Crippen LogP contribution in [0.1, 0.15) is 23.7 Å². The van der Waals surface area contributed by atoms with Gasteiger partial charge in [0.05, 0.1) is 19.1 Å². The van der Waals surface area contributed by atoms with Crippen molar-refractivity contribution in [2.45, 2.75) is 25.2 Å². The number of carboxylic acids is 1. The van der Waals surface area contributed by atoms with E-state index in [-0.39, 0.29) is 11.1 Å². The van der Waals surface area contributed by atoms with Gasteiger partial charge in [-0.1, -0.05) is 6.07 Å². The minimum absolute atomic E-state index is 0.0127. The maximum absolute atomic E-state index is 13.0. The highest BCUT2D eigenvalue weighted by Crippen LogP contribution is 2.24. The van der Waals surface area contributed by atoms with E-state index in [1.165, 1.54) is 6.07 Å². The zero-order valence-corrected chi connectivity index (χ0v) is 8.88. The molecule has 2 atom stereocenters. The van der Waals surface area contributed by atoms with Crippen molar-refractivity contribution in [3.05, 3.63) is 35.1 Å². The van der Waals surface area contributed by atoms with Gasteiger partial charge >= 0.3 is 5.97 Å². The average molecular weight is 244 g/mol. The fraction of sp³-hybridized carbons (Fsp3) is 0.364. The summed E-state index contributed by atoms with van der Waals surface area (Å²) in [5.74, 6) is -1.92. The molecule has 6 heteroatoms. The number of carboxylic acid groups (broad SMARTS) is 1. The maximum atomic E-state index is 13.0. The Hall–Kier alpha value is -1.50. The van der Waals surface area contributed by atoms with E-state index in [9.17, 15) is 19.4 Å². The lowest BCUT2D eigenvalue weighted by Crippen LogP contribution is -2.23. The largest absolute Gasteiger partial charge is 0.481 e. The molecule has 0 bridgehead atoms. The van der Waals surface area contributed by atoms with E-state index in [1.54, 1.807) is 0 Å². The minimum Gasteiger partial charge on any atom is -0.481 e. The molecule has 0 fully saturated rings. The number of aliphatic carboxylic acids is 1. The highest BCUT2D eigenvalue weighted by atomic mass is 19.1. The van der Waals surface area contributed by atoms with Crippen LogP contribution in [0, 0.1) is 5.82 Å². The fourth-order valence-electron chi connectivity index (χ4n) is 1.48. The van der Waals surface area contributed by atoms with Crippen molar-refractivity contribution in [1.82, 2.24) is 0 Å². The second kappa shape index (κ2) is 5.72. The first-order valence-electron chi connectivity index (χ1n) is 4.92. The van der Waals surface area contributed by atoms with Crippen LogP contribution in [0.25, 0.3) is 0 Å². The molecule has 0 amide bonds. The zero-order chi connectivity index (χ0) is 13.0. The molecule has 0 aromatic heterocycles. The summed E-state index contributed by atoms with van der Waals surface area (Å²) in [6.45, 7) is -0.438. The Bertz CT molecular complexity index is 407. The summed E-state index contributed by atoms with van der Waals surface area (Å²) in [6, 6.07) is 3.33. The molecule has 0 heterocycles. The summed E-state index contributed by atoms with van der Waals surface area (Å²) in [5.41, 5.74) is 0.226. The molecular weight excluding hydrogens is 231 g/mol. The van der Waals surface area contributed by atoms with Crippen molar-refractivity contribution < 1.29 is 29.6 Å². The van der Waals surface area contributed by atoms with Crippen molar-refractivity contribution in [3.8, 4) is 0 Å². The van der Waals surface area contributed by atoms with E-state index < -0.39 is 37.0 Å². The minimum atomic E-state index is -1.56. The lowest BCUT2D eigenvalue weighted by molar-refractivity contribution is -0.141. The van der Waals surface area contributed by atoms with E-state index in [0.717, 1.165) is 12.1 Å². The smallest absolute Gasteiger partial charge is 0.306 e. The summed E-state index contributed by atoms with van der Waals surface area (Å²) in [6.07, 6.45) is -3.77. The number of hydrogen-bond donors (Lipinski definition) is 4. The normalized spacial score (nSPS) is 14.4. The summed E-state index contributed by atoms with van der Waals surface area (Å²) >= 11 is 0. The molecule has 4 N–H and O–H groups in total. The summed E-state index contributed by atoms with van der Waals surface area (Å²) < 4.78 is 13.0. The van der Waals surface area contributed by atoms with E-state index in [4.69, 9.17) is 10.2 Å². The first-order chi connectivity index (χ1) is 7.95. The first kappa shape index (κ1) is 13.6. The fourth-order valence-corrected chi connectivity index (χ4v) is 1.48. The third-order valence-corrected chi connectivity index (χ3v) is 2.35. The van der Waals surface area contributed by atoms with Crippen LogP contribution in [-0.2, 0) is 11.4 Å². The van der Waals surface area contributed by atoms with Crippen LogP contribution in [0.4, 0.5) is 4.39 Å². The lowest BCUT2D eigenvalue weighted by atomic mass is 9.97. The average Bonchev–Trinajstić information content (AvgIpc) is 2.27. The van der Waals surface area contributed by atoms with Crippen LogP contribution >= 0.6 is 0 Å². The quantitative estimate of drug-likeness (QED) is 0.592. The molecule has 1 rings (SSSR count). The number of aliphatic hydroxyl groups excluding tert-OH is 3. The molecule has 0 saturated heterocycles. The molecule has 0 aliphatic rings. The molecule has 17 heavy (non-hydrogen) atoms.